The Hall–Kier alpha value is -1.83. The van der Waals surface area contributed by atoms with E-state index in [0.717, 1.165) is 12.8 Å². The first-order valence-corrected chi connectivity index (χ1v) is 6.45. The Morgan fingerprint density at radius 3 is 2.45 bits per heavy atom. The van der Waals surface area contributed by atoms with E-state index in [9.17, 15) is 14.4 Å². The lowest BCUT2D eigenvalue weighted by atomic mass is 10.4. The van der Waals surface area contributed by atoms with E-state index in [1.165, 1.54) is 24.0 Å². The molecule has 0 bridgehead atoms. The molecular formula is C12H21N3O5. The highest BCUT2D eigenvalue weighted by Gasteiger charge is 2.35. The fourth-order valence-corrected chi connectivity index (χ4v) is 1.74. The molecule has 0 radical (unpaired) electrons. The van der Waals surface area contributed by atoms with E-state index in [1.807, 2.05) is 0 Å². The van der Waals surface area contributed by atoms with E-state index in [0.29, 0.717) is 13.2 Å². The van der Waals surface area contributed by atoms with Gasteiger partial charge in [-0.25, -0.2) is 4.79 Å². The van der Waals surface area contributed by atoms with E-state index in [1.54, 1.807) is 0 Å². The van der Waals surface area contributed by atoms with Crippen molar-refractivity contribution in [2.24, 2.45) is 0 Å². The molecule has 0 aliphatic heterocycles. The Morgan fingerprint density at radius 1 is 1.30 bits per heavy atom. The molecule has 20 heavy (non-hydrogen) atoms. The number of likely N-dealkylation sites (N-methyl/N-ethyl adjacent to an activating group) is 1. The Labute approximate surface area is 117 Å². The summed E-state index contributed by atoms with van der Waals surface area (Å²) in [6.07, 6.45) is 1.62. The van der Waals surface area contributed by atoms with Crippen molar-refractivity contribution in [3.63, 3.8) is 0 Å². The summed E-state index contributed by atoms with van der Waals surface area (Å²) in [7, 11) is 3.01. The van der Waals surface area contributed by atoms with Crippen LogP contribution in [0.15, 0.2) is 0 Å². The first kappa shape index (κ1) is 16.2. The smallest absolute Gasteiger partial charge is 0.323 e. The number of urea groups is 1. The Bertz CT molecular complexity index is 370. The second-order valence-corrected chi connectivity index (χ2v) is 4.73. The van der Waals surface area contributed by atoms with Crippen LogP contribution in [0.1, 0.15) is 12.8 Å². The van der Waals surface area contributed by atoms with Gasteiger partial charge in [0.1, 0.15) is 13.1 Å². The van der Waals surface area contributed by atoms with Crippen molar-refractivity contribution in [1.82, 2.24) is 15.1 Å². The van der Waals surface area contributed by atoms with Crippen LogP contribution in [-0.4, -0.2) is 79.3 Å². The van der Waals surface area contributed by atoms with Gasteiger partial charge >= 0.3 is 12.0 Å². The highest BCUT2D eigenvalue weighted by Crippen LogP contribution is 2.27. The minimum Gasteiger partial charge on any atom is -0.480 e. The molecule has 0 unspecified atom stereocenters. The molecule has 1 fully saturated rings. The van der Waals surface area contributed by atoms with Crippen LogP contribution in [0.3, 0.4) is 0 Å². The maximum atomic E-state index is 12.1. The van der Waals surface area contributed by atoms with Crippen LogP contribution < -0.4 is 5.32 Å². The number of carboxylic acids is 1. The van der Waals surface area contributed by atoms with Crippen LogP contribution in [0.2, 0.25) is 0 Å². The number of ether oxygens (including phenoxy) is 1. The fourth-order valence-electron chi connectivity index (χ4n) is 1.74. The number of amides is 3. The Morgan fingerprint density at radius 2 is 1.95 bits per heavy atom. The van der Waals surface area contributed by atoms with E-state index >= 15 is 0 Å². The van der Waals surface area contributed by atoms with Crippen molar-refractivity contribution in [3.8, 4) is 0 Å². The van der Waals surface area contributed by atoms with E-state index < -0.39 is 12.0 Å². The molecule has 2 N–H and O–H groups in total. The summed E-state index contributed by atoms with van der Waals surface area (Å²) in [5.41, 5.74) is 0. The van der Waals surface area contributed by atoms with Gasteiger partial charge < -0.3 is 25.0 Å². The first-order chi connectivity index (χ1) is 9.45. The average Bonchev–Trinajstić information content (AvgIpc) is 3.19. The van der Waals surface area contributed by atoms with Gasteiger partial charge in [0.2, 0.25) is 5.91 Å². The summed E-state index contributed by atoms with van der Waals surface area (Å²) < 4.78 is 4.80. The summed E-state index contributed by atoms with van der Waals surface area (Å²) in [5.74, 6) is -1.35. The highest BCUT2D eigenvalue weighted by atomic mass is 16.5. The number of carbonyl (C=O) groups excluding carboxylic acids is 2. The number of hydrogen-bond acceptors (Lipinski definition) is 4. The van der Waals surface area contributed by atoms with Gasteiger partial charge in [-0.3, -0.25) is 9.59 Å². The van der Waals surface area contributed by atoms with Gasteiger partial charge in [0.05, 0.1) is 6.61 Å². The molecule has 0 saturated heterocycles. The molecule has 1 aliphatic carbocycles. The topological polar surface area (TPSA) is 99.2 Å². The summed E-state index contributed by atoms with van der Waals surface area (Å²) in [6.45, 7) is 0.333. The maximum absolute atomic E-state index is 12.1. The van der Waals surface area contributed by atoms with Gasteiger partial charge in [-0.15, -0.1) is 0 Å². The summed E-state index contributed by atoms with van der Waals surface area (Å²) in [4.78, 5) is 37.0. The van der Waals surface area contributed by atoms with Crippen LogP contribution in [0.5, 0.6) is 0 Å². The van der Waals surface area contributed by atoms with Gasteiger partial charge in [-0.1, -0.05) is 0 Å². The SMILES string of the molecule is COCCNC(=O)CN(C)C(=O)N(CC(=O)O)C1CC1. The Balaban J connectivity index is 2.43. The van der Waals surface area contributed by atoms with Crippen LogP contribution in [-0.2, 0) is 14.3 Å². The highest BCUT2D eigenvalue weighted by molar-refractivity contribution is 5.85. The van der Waals surface area contributed by atoms with Crippen molar-refractivity contribution in [3.05, 3.63) is 0 Å². The molecule has 114 valence electrons. The number of aliphatic carboxylic acids is 1. The van der Waals surface area contributed by atoms with E-state index in [-0.39, 0.29) is 25.0 Å². The number of carboxylic acid groups (broad SMARTS) is 1. The number of nitrogens with zero attached hydrogens (tertiary/aromatic N) is 2. The van der Waals surface area contributed by atoms with Crippen LogP contribution in [0.4, 0.5) is 4.79 Å². The molecule has 0 atom stereocenters. The van der Waals surface area contributed by atoms with Crippen LogP contribution >= 0.6 is 0 Å². The minimum absolute atomic E-state index is 0.0161. The summed E-state index contributed by atoms with van der Waals surface area (Å²) in [5, 5.41) is 11.4. The number of nitrogens with one attached hydrogen (secondary N) is 1. The molecule has 1 rings (SSSR count). The third-order valence-electron chi connectivity index (χ3n) is 2.87. The largest absolute Gasteiger partial charge is 0.480 e. The fraction of sp³-hybridized carbons (Fsp3) is 0.750. The number of rotatable bonds is 8. The third kappa shape index (κ3) is 5.43. The van der Waals surface area contributed by atoms with Gasteiger partial charge in [-0.05, 0) is 12.8 Å². The molecule has 8 nitrogen and oxygen atoms in total. The quantitative estimate of drug-likeness (QED) is 0.578. The lowest BCUT2D eigenvalue weighted by Gasteiger charge is -2.26. The zero-order chi connectivity index (χ0) is 15.1. The summed E-state index contributed by atoms with van der Waals surface area (Å²) >= 11 is 0. The third-order valence-corrected chi connectivity index (χ3v) is 2.87. The van der Waals surface area contributed by atoms with E-state index in [4.69, 9.17) is 9.84 Å². The van der Waals surface area contributed by atoms with Crippen molar-refractivity contribution in [2.75, 3.05) is 40.4 Å². The molecule has 0 aromatic carbocycles. The molecule has 0 aromatic heterocycles. The normalized spacial score (nSPS) is 13.7. The Kier molecular flexibility index (Phi) is 6.23. The zero-order valence-electron chi connectivity index (χ0n) is 11.8. The first-order valence-electron chi connectivity index (χ1n) is 6.45. The predicted molar refractivity (Wildman–Crippen MR) is 70.3 cm³/mol. The van der Waals surface area contributed by atoms with Gasteiger partial charge in [0.25, 0.3) is 0 Å². The van der Waals surface area contributed by atoms with Gasteiger partial charge in [0.15, 0.2) is 0 Å². The number of hydrogen-bond donors (Lipinski definition) is 2. The molecule has 3 amide bonds. The number of methoxy groups -OCH3 is 1. The number of carbonyl (C=O) groups is 3. The van der Waals surface area contributed by atoms with Crippen molar-refractivity contribution in [1.29, 1.82) is 0 Å². The molecule has 0 heterocycles. The predicted octanol–water partition coefficient (Wildman–Crippen LogP) is -0.650. The van der Waals surface area contributed by atoms with Gasteiger partial charge in [0, 0.05) is 26.7 Å². The van der Waals surface area contributed by atoms with Gasteiger partial charge in [-0.2, -0.15) is 0 Å². The minimum atomic E-state index is -1.05. The molecule has 0 spiro atoms. The average molecular weight is 287 g/mol. The van der Waals surface area contributed by atoms with Crippen LogP contribution in [0, 0.1) is 0 Å². The van der Waals surface area contributed by atoms with Crippen molar-refractivity contribution < 1.29 is 24.2 Å². The van der Waals surface area contributed by atoms with Crippen molar-refractivity contribution >= 4 is 17.9 Å². The monoisotopic (exact) mass is 287 g/mol. The molecule has 0 aromatic rings. The van der Waals surface area contributed by atoms with Crippen LogP contribution in [0.25, 0.3) is 0 Å². The molecule has 1 saturated carbocycles. The second kappa shape index (κ2) is 7.68. The van der Waals surface area contributed by atoms with E-state index in [2.05, 4.69) is 5.32 Å². The van der Waals surface area contributed by atoms with Crippen molar-refractivity contribution in [2.45, 2.75) is 18.9 Å². The molecule has 1 aliphatic rings. The molecule has 8 heteroatoms. The maximum Gasteiger partial charge on any atom is 0.323 e. The molecular weight excluding hydrogens is 266 g/mol. The zero-order valence-corrected chi connectivity index (χ0v) is 11.8. The lowest BCUT2D eigenvalue weighted by molar-refractivity contribution is -0.137. The second-order valence-electron chi connectivity index (χ2n) is 4.73. The lowest BCUT2D eigenvalue weighted by Crippen LogP contribution is -2.48. The summed E-state index contributed by atoms with van der Waals surface area (Å²) in [6, 6.07) is -0.450. The standard InChI is InChI=1S/C12H21N3O5/c1-14(7-10(16)13-5-6-20-2)12(19)15(8-11(17)18)9-3-4-9/h9H,3-8H2,1-2H3,(H,13,16)(H,17,18).